The molecular weight excluding hydrogens is 604 g/mol. The third-order valence-corrected chi connectivity index (χ3v) is 7.73. The van der Waals surface area contributed by atoms with E-state index in [0.29, 0.717) is 0 Å². The van der Waals surface area contributed by atoms with E-state index in [-0.39, 0.29) is 24.7 Å². The number of esters is 1. The molecule has 6 N–H and O–H groups in total. The fourth-order valence-electron chi connectivity index (χ4n) is 5.31. The normalized spacial score (nSPS) is 23.3. The second-order valence-corrected chi connectivity index (χ2v) is 14.5. The van der Waals surface area contributed by atoms with Crippen molar-refractivity contribution >= 4 is 46.4 Å². The van der Waals surface area contributed by atoms with Gasteiger partial charge in [0.25, 0.3) is 0 Å². The lowest BCUT2D eigenvalue weighted by Gasteiger charge is -2.31. The number of rotatable bonds is 7. The standard InChI is InChI=1S/C34H50N6O7/c1-18(2)14-23-28(42)36-24(15-20-17-35-22-13-11-10-12-21(20)22)29(43)37-25(16-26(41)47-33(5,6)7)30(44)40-34(8,9)32(46)39-27(19(3)4)31(45)38-23/h10-13,17-19,23-25,27,35H,14-16H2,1-9H3,(H,36,42)(H,37,43)(H,38,45)(H,39,46)(H,40,44)/t23-,24+,25+,27+/m0/s1. The number of benzene rings is 1. The minimum absolute atomic E-state index is 0.0138. The summed E-state index contributed by atoms with van der Waals surface area (Å²) >= 11 is 0. The molecule has 5 amide bonds. The molecule has 4 atom stereocenters. The molecule has 258 valence electrons. The molecule has 0 saturated carbocycles. The number of nitrogens with one attached hydrogen (secondary N) is 6. The lowest BCUT2D eigenvalue weighted by atomic mass is 9.97. The molecule has 47 heavy (non-hydrogen) atoms. The highest BCUT2D eigenvalue weighted by Gasteiger charge is 2.39. The maximum absolute atomic E-state index is 14.0. The van der Waals surface area contributed by atoms with Gasteiger partial charge in [0.2, 0.25) is 29.5 Å². The van der Waals surface area contributed by atoms with E-state index in [9.17, 15) is 28.8 Å². The van der Waals surface area contributed by atoms with Gasteiger partial charge in [0, 0.05) is 23.5 Å². The molecule has 0 unspecified atom stereocenters. The van der Waals surface area contributed by atoms with Crippen LogP contribution in [-0.2, 0) is 39.9 Å². The van der Waals surface area contributed by atoms with Crippen LogP contribution >= 0.6 is 0 Å². The molecule has 1 aliphatic heterocycles. The van der Waals surface area contributed by atoms with Crippen molar-refractivity contribution < 1.29 is 33.5 Å². The second-order valence-electron chi connectivity index (χ2n) is 14.5. The number of ether oxygens (including phenoxy) is 1. The van der Waals surface area contributed by atoms with Gasteiger partial charge in [0.1, 0.15) is 35.3 Å². The van der Waals surface area contributed by atoms with Gasteiger partial charge in [-0.2, -0.15) is 0 Å². The molecular formula is C34H50N6O7. The van der Waals surface area contributed by atoms with Gasteiger partial charge < -0.3 is 36.3 Å². The van der Waals surface area contributed by atoms with Crippen molar-refractivity contribution in [1.29, 1.82) is 0 Å². The van der Waals surface area contributed by atoms with Crippen molar-refractivity contribution in [3.63, 3.8) is 0 Å². The first kappa shape index (κ1) is 37.0. The maximum Gasteiger partial charge on any atom is 0.308 e. The number of fused-ring (bicyclic) bond motifs is 1. The molecule has 2 heterocycles. The smallest absolute Gasteiger partial charge is 0.308 e. The van der Waals surface area contributed by atoms with Gasteiger partial charge in [-0.05, 0) is 64.5 Å². The first-order chi connectivity index (χ1) is 21.8. The Balaban J connectivity index is 2.10. The van der Waals surface area contributed by atoms with Crippen LogP contribution in [0, 0.1) is 11.8 Å². The summed E-state index contributed by atoms with van der Waals surface area (Å²) in [6.07, 6.45) is 1.49. The predicted octanol–water partition coefficient (Wildman–Crippen LogP) is 1.99. The average molecular weight is 655 g/mol. The SMILES string of the molecule is CC(C)C[C@@H]1NC(=O)[C@@H](C(C)C)NC(=O)C(C)(C)NC(=O)[C@@H](CC(=O)OC(C)(C)C)NC(=O)[C@@H](Cc2c[nH]c3ccccc23)NC1=O. The summed E-state index contributed by atoms with van der Waals surface area (Å²) in [7, 11) is 0. The largest absolute Gasteiger partial charge is 0.460 e. The topological polar surface area (TPSA) is 188 Å². The summed E-state index contributed by atoms with van der Waals surface area (Å²) in [5, 5.41) is 14.4. The molecule has 0 spiro atoms. The molecule has 13 nitrogen and oxygen atoms in total. The van der Waals surface area contributed by atoms with Gasteiger partial charge in [-0.15, -0.1) is 0 Å². The number of aromatic amines is 1. The lowest BCUT2D eigenvalue weighted by molar-refractivity contribution is -0.156. The molecule has 0 aliphatic carbocycles. The summed E-state index contributed by atoms with van der Waals surface area (Å²) in [6.45, 7) is 15.2. The van der Waals surface area contributed by atoms with E-state index in [1.165, 1.54) is 13.8 Å². The number of hydrogen-bond donors (Lipinski definition) is 6. The van der Waals surface area contributed by atoms with E-state index in [1.54, 1.807) is 40.8 Å². The fraction of sp³-hybridized carbons (Fsp3) is 0.588. The van der Waals surface area contributed by atoms with Crippen LogP contribution in [0.4, 0.5) is 0 Å². The minimum Gasteiger partial charge on any atom is -0.460 e. The maximum atomic E-state index is 14.0. The molecule has 13 heteroatoms. The van der Waals surface area contributed by atoms with Crippen LogP contribution in [0.2, 0.25) is 0 Å². The highest BCUT2D eigenvalue weighted by Crippen LogP contribution is 2.20. The summed E-state index contributed by atoms with van der Waals surface area (Å²) in [6, 6.07) is 2.75. The van der Waals surface area contributed by atoms with Gasteiger partial charge in [-0.25, -0.2) is 0 Å². The molecule has 0 bridgehead atoms. The monoisotopic (exact) mass is 654 g/mol. The van der Waals surface area contributed by atoms with Crippen LogP contribution in [0.25, 0.3) is 10.9 Å². The van der Waals surface area contributed by atoms with Crippen molar-refractivity contribution in [3.05, 3.63) is 36.0 Å². The van der Waals surface area contributed by atoms with E-state index in [4.69, 9.17) is 4.74 Å². The molecule has 1 aromatic heterocycles. The summed E-state index contributed by atoms with van der Waals surface area (Å²) < 4.78 is 5.43. The number of amides is 5. The van der Waals surface area contributed by atoms with E-state index >= 15 is 0 Å². The van der Waals surface area contributed by atoms with Crippen molar-refractivity contribution in [3.8, 4) is 0 Å². The third kappa shape index (κ3) is 10.3. The van der Waals surface area contributed by atoms with Crippen LogP contribution in [0.1, 0.15) is 80.7 Å². The van der Waals surface area contributed by atoms with Crippen molar-refractivity contribution in [2.24, 2.45) is 11.8 Å². The Kier molecular flexibility index (Phi) is 11.8. The molecule has 3 rings (SSSR count). The quantitative estimate of drug-likeness (QED) is 0.246. The number of carbonyl (C=O) groups excluding carboxylic acids is 6. The van der Waals surface area contributed by atoms with Crippen molar-refractivity contribution in [1.82, 2.24) is 31.6 Å². The zero-order valence-electron chi connectivity index (χ0n) is 28.8. The Morgan fingerprint density at radius 2 is 1.43 bits per heavy atom. The summed E-state index contributed by atoms with van der Waals surface area (Å²) in [5.74, 6) is -4.54. The molecule has 1 saturated heterocycles. The zero-order chi connectivity index (χ0) is 35.3. The first-order valence-electron chi connectivity index (χ1n) is 16.1. The van der Waals surface area contributed by atoms with Gasteiger partial charge in [0.05, 0.1) is 6.42 Å². The van der Waals surface area contributed by atoms with E-state index in [2.05, 4.69) is 31.6 Å². The molecule has 2 aromatic rings. The molecule has 1 aromatic carbocycles. The molecule has 0 radical (unpaired) electrons. The van der Waals surface area contributed by atoms with Crippen LogP contribution in [0.15, 0.2) is 30.5 Å². The fourth-order valence-corrected chi connectivity index (χ4v) is 5.31. The first-order valence-corrected chi connectivity index (χ1v) is 16.1. The second kappa shape index (κ2) is 15.0. The highest BCUT2D eigenvalue weighted by atomic mass is 16.6. The zero-order valence-corrected chi connectivity index (χ0v) is 28.8. The Labute approximate surface area is 276 Å². The molecule has 1 aliphatic rings. The number of para-hydroxylation sites is 1. The van der Waals surface area contributed by atoms with Crippen LogP contribution in [0.3, 0.4) is 0 Å². The highest BCUT2D eigenvalue weighted by molar-refractivity contribution is 6.00. The minimum atomic E-state index is -1.56. The Bertz CT molecular complexity index is 1490. The predicted molar refractivity (Wildman–Crippen MR) is 177 cm³/mol. The number of H-pyrrole nitrogens is 1. The van der Waals surface area contributed by atoms with Crippen LogP contribution < -0.4 is 26.6 Å². The van der Waals surface area contributed by atoms with E-state index in [0.717, 1.165) is 16.5 Å². The van der Waals surface area contributed by atoms with Gasteiger partial charge in [-0.1, -0.05) is 45.9 Å². The Morgan fingerprint density at radius 1 is 0.830 bits per heavy atom. The van der Waals surface area contributed by atoms with Crippen molar-refractivity contribution in [2.75, 3.05) is 0 Å². The number of aromatic nitrogens is 1. The third-order valence-electron chi connectivity index (χ3n) is 7.73. The Hall–Kier alpha value is -4.42. The van der Waals surface area contributed by atoms with E-state index < -0.39 is 77.2 Å². The number of hydrogen-bond acceptors (Lipinski definition) is 7. The summed E-state index contributed by atoms with van der Waals surface area (Å²) in [4.78, 5) is 84.6. The summed E-state index contributed by atoms with van der Waals surface area (Å²) in [5.41, 5.74) is -0.861. The van der Waals surface area contributed by atoms with Gasteiger partial charge >= 0.3 is 5.97 Å². The average Bonchev–Trinajstić information content (AvgIpc) is 3.35. The molecule has 1 fully saturated rings. The van der Waals surface area contributed by atoms with Crippen LogP contribution in [-0.4, -0.2) is 75.8 Å². The van der Waals surface area contributed by atoms with Crippen molar-refractivity contribution in [2.45, 2.75) is 117 Å². The van der Waals surface area contributed by atoms with E-state index in [1.807, 2.05) is 38.1 Å². The van der Waals surface area contributed by atoms with Gasteiger partial charge in [-0.3, -0.25) is 28.8 Å². The lowest BCUT2D eigenvalue weighted by Crippen LogP contribution is -2.63. The number of carbonyl (C=O) groups is 6. The van der Waals surface area contributed by atoms with Crippen LogP contribution in [0.5, 0.6) is 0 Å². The Morgan fingerprint density at radius 3 is 2.04 bits per heavy atom. The van der Waals surface area contributed by atoms with Gasteiger partial charge in [0.15, 0.2) is 0 Å².